The largest absolute Gasteiger partial charge is 0.467 e. The normalized spacial score (nSPS) is 18.1. The summed E-state index contributed by atoms with van der Waals surface area (Å²) in [5.74, 6) is 0.791. The average molecular weight is 538 g/mol. The van der Waals surface area contributed by atoms with Crippen LogP contribution in [0.4, 0.5) is 4.79 Å². The van der Waals surface area contributed by atoms with Crippen LogP contribution in [0.2, 0.25) is 25.7 Å². The molecule has 1 heterocycles. The predicted octanol–water partition coefficient (Wildman–Crippen LogP) is 6.08. The summed E-state index contributed by atoms with van der Waals surface area (Å²) in [6, 6.07) is 21.1. The number of likely N-dealkylation sites (tertiary alicyclic amines) is 1. The Morgan fingerprint density at radius 3 is 2.53 bits per heavy atom. The lowest BCUT2D eigenvalue weighted by Crippen LogP contribution is -2.46. The van der Waals surface area contributed by atoms with Crippen LogP contribution >= 0.6 is 0 Å². The molecule has 204 valence electrons. The van der Waals surface area contributed by atoms with E-state index in [1.807, 2.05) is 48.5 Å². The van der Waals surface area contributed by atoms with Gasteiger partial charge in [0.25, 0.3) is 0 Å². The van der Waals surface area contributed by atoms with Gasteiger partial charge in [-0.05, 0) is 29.0 Å². The Hall–Kier alpha value is -2.91. The van der Waals surface area contributed by atoms with Crippen LogP contribution in [0.15, 0.2) is 60.7 Å². The van der Waals surface area contributed by atoms with Crippen molar-refractivity contribution >= 4 is 24.9 Å². The van der Waals surface area contributed by atoms with E-state index in [9.17, 15) is 15.0 Å². The number of carbonyl (C=O) groups is 1. The zero-order valence-corrected chi connectivity index (χ0v) is 23.6. The number of hydrogen-bond donors (Lipinski definition) is 2. The standard InChI is InChI=1S/C30H39NO6Si/c1-38(2,3)17-16-35-21-37-29-25(13-12-23-6-4-5-7-27(23)29)20-36-28-18-31(30(33)34)15-14-26(28)24-10-8-22(19-32)9-11-24/h4-13,26,28,32H,14-21H2,1-3H3,(H,33,34). The molecule has 2 unspecified atom stereocenters. The van der Waals surface area contributed by atoms with Crippen LogP contribution in [0.25, 0.3) is 10.8 Å². The molecule has 38 heavy (non-hydrogen) atoms. The summed E-state index contributed by atoms with van der Waals surface area (Å²) in [5.41, 5.74) is 2.83. The molecule has 1 fully saturated rings. The second kappa shape index (κ2) is 12.8. The molecule has 2 atom stereocenters. The monoisotopic (exact) mass is 537 g/mol. The van der Waals surface area contributed by atoms with E-state index in [2.05, 4.69) is 31.8 Å². The number of ether oxygens (including phenoxy) is 3. The van der Waals surface area contributed by atoms with E-state index in [0.29, 0.717) is 32.7 Å². The Labute approximate surface area is 226 Å². The Balaban J connectivity index is 1.52. The van der Waals surface area contributed by atoms with E-state index >= 15 is 0 Å². The molecule has 7 nitrogen and oxygen atoms in total. The Kier molecular flexibility index (Phi) is 9.43. The molecule has 0 spiro atoms. The maximum Gasteiger partial charge on any atom is 0.407 e. The fraction of sp³-hybridized carbons (Fsp3) is 0.433. The molecule has 0 aromatic heterocycles. The van der Waals surface area contributed by atoms with E-state index < -0.39 is 14.2 Å². The molecule has 1 amide bonds. The van der Waals surface area contributed by atoms with Crippen molar-refractivity contribution in [3.63, 3.8) is 0 Å². The fourth-order valence-electron chi connectivity index (χ4n) is 4.82. The summed E-state index contributed by atoms with van der Waals surface area (Å²) < 4.78 is 18.5. The molecule has 0 bridgehead atoms. The summed E-state index contributed by atoms with van der Waals surface area (Å²) in [4.78, 5) is 13.2. The minimum absolute atomic E-state index is 0.00966. The second-order valence-electron chi connectivity index (χ2n) is 11.1. The van der Waals surface area contributed by atoms with E-state index in [-0.39, 0.29) is 25.4 Å². The quantitative estimate of drug-likeness (QED) is 0.175. The van der Waals surface area contributed by atoms with Crippen molar-refractivity contribution in [2.45, 2.75) is 57.3 Å². The number of hydrogen-bond acceptors (Lipinski definition) is 5. The Morgan fingerprint density at radius 1 is 1.05 bits per heavy atom. The second-order valence-corrected chi connectivity index (χ2v) is 16.8. The van der Waals surface area contributed by atoms with Crippen molar-refractivity contribution in [3.05, 3.63) is 77.4 Å². The Bertz CT molecular complexity index is 1210. The van der Waals surface area contributed by atoms with Gasteiger partial charge in [-0.3, -0.25) is 0 Å². The van der Waals surface area contributed by atoms with Gasteiger partial charge < -0.3 is 29.3 Å². The fourth-order valence-corrected chi connectivity index (χ4v) is 5.57. The summed E-state index contributed by atoms with van der Waals surface area (Å²) in [5, 5.41) is 21.1. The van der Waals surface area contributed by atoms with Crippen molar-refractivity contribution in [2.24, 2.45) is 0 Å². The van der Waals surface area contributed by atoms with E-state index in [1.165, 1.54) is 4.90 Å². The van der Waals surface area contributed by atoms with Gasteiger partial charge in [-0.15, -0.1) is 0 Å². The van der Waals surface area contributed by atoms with Crippen molar-refractivity contribution in [3.8, 4) is 5.75 Å². The zero-order valence-electron chi connectivity index (χ0n) is 22.6. The molecule has 0 aliphatic carbocycles. The predicted molar refractivity (Wildman–Crippen MR) is 151 cm³/mol. The first-order valence-corrected chi connectivity index (χ1v) is 17.0. The van der Waals surface area contributed by atoms with Gasteiger partial charge in [0.15, 0.2) is 6.79 Å². The number of rotatable bonds is 11. The first kappa shape index (κ1) is 28.1. The zero-order chi connectivity index (χ0) is 27.1. The SMILES string of the molecule is C[Si](C)(C)CCOCOc1c(COC2CN(C(=O)O)CCC2c2ccc(CO)cc2)ccc2ccccc12. The Morgan fingerprint density at radius 2 is 1.82 bits per heavy atom. The van der Waals surface area contributed by atoms with Crippen LogP contribution in [-0.2, 0) is 22.7 Å². The number of carboxylic acid groups (broad SMARTS) is 1. The third-order valence-corrected chi connectivity index (χ3v) is 8.82. The first-order valence-electron chi connectivity index (χ1n) is 13.3. The van der Waals surface area contributed by atoms with Crippen molar-refractivity contribution in [1.82, 2.24) is 4.90 Å². The van der Waals surface area contributed by atoms with Crippen molar-refractivity contribution in [2.75, 3.05) is 26.5 Å². The lowest BCUT2D eigenvalue weighted by atomic mass is 9.86. The summed E-state index contributed by atoms with van der Waals surface area (Å²) in [6.45, 7) is 8.85. The summed E-state index contributed by atoms with van der Waals surface area (Å²) in [7, 11) is -1.19. The number of nitrogens with zero attached hydrogens (tertiary/aromatic N) is 1. The lowest BCUT2D eigenvalue weighted by Gasteiger charge is -2.37. The van der Waals surface area contributed by atoms with Gasteiger partial charge in [-0.2, -0.15) is 0 Å². The van der Waals surface area contributed by atoms with E-state index in [4.69, 9.17) is 14.2 Å². The maximum absolute atomic E-state index is 11.7. The number of fused-ring (bicyclic) bond motifs is 1. The molecule has 0 radical (unpaired) electrons. The van der Waals surface area contributed by atoms with Gasteiger partial charge in [0, 0.05) is 38.1 Å². The molecular formula is C30H39NO6Si. The molecule has 8 heteroatoms. The maximum atomic E-state index is 11.7. The van der Waals surface area contributed by atoms with Crippen LogP contribution in [0.5, 0.6) is 5.75 Å². The van der Waals surface area contributed by atoms with Crippen LogP contribution in [0.3, 0.4) is 0 Å². The highest BCUT2D eigenvalue weighted by Crippen LogP contribution is 2.34. The minimum Gasteiger partial charge on any atom is -0.467 e. The number of aliphatic hydroxyl groups is 1. The van der Waals surface area contributed by atoms with Crippen molar-refractivity contribution in [1.29, 1.82) is 0 Å². The lowest BCUT2D eigenvalue weighted by molar-refractivity contribution is -0.0223. The van der Waals surface area contributed by atoms with E-state index in [0.717, 1.165) is 39.3 Å². The van der Waals surface area contributed by atoms with Crippen molar-refractivity contribution < 1.29 is 29.2 Å². The third-order valence-electron chi connectivity index (χ3n) is 7.12. The molecule has 1 aliphatic heterocycles. The molecule has 0 saturated carbocycles. The third kappa shape index (κ3) is 7.35. The molecular weight excluding hydrogens is 498 g/mol. The molecule has 4 rings (SSSR count). The highest BCUT2D eigenvalue weighted by atomic mass is 28.3. The van der Waals surface area contributed by atoms with Gasteiger partial charge in [-0.25, -0.2) is 4.79 Å². The number of benzene rings is 3. The average Bonchev–Trinajstić information content (AvgIpc) is 2.91. The minimum atomic E-state index is -1.19. The smallest absolute Gasteiger partial charge is 0.407 e. The first-order chi connectivity index (χ1) is 18.2. The van der Waals surface area contributed by atoms with Gasteiger partial charge in [-0.1, -0.05) is 80.3 Å². The van der Waals surface area contributed by atoms with Gasteiger partial charge >= 0.3 is 6.09 Å². The van der Waals surface area contributed by atoms with Crippen LogP contribution in [0.1, 0.15) is 29.0 Å². The van der Waals surface area contributed by atoms with Gasteiger partial charge in [0.05, 0.1) is 25.9 Å². The van der Waals surface area contributed by atoms with Crippen LogP contribution in [0, 0.1) is 0 Å². The van der Waals surface area contributed by atoms with Gasteiger partial charge in [0.2, 0.25) is 0 Å². The number of amides is 1. The molecule has 1 saturated heterocycles. The highest BCUT2D eigenvalue weighted by molar-refractivity contribution is 6.76. The molecule has 2 N–H and O–H groups in total. The topological polar surface area (TPSA) is 88.5 Å². The summed E-state index contributed by atoms with van der Waals surface area (Å²) in [6.07, 6.45) is -0.577. The highest BCUT2D eigenvalue weighted by Gasteiger charge is 2.33. The summed E-state index contributed by atoms with van der Waals surface area (Å²) >= 11 is 0. The molecule has 3 aromatic rings. The van der Waals surface area contributed by atoms with Gasteiger partial charge in [0.1, 0.15) is 5.75 Å². The molecule has 1 aliphatic rings. The number of aliphatic hydroxyl groups excluding tert-OH is 1. The molecule has 3 aromatic carbocycles. The van der Waals surface area contributed by atoms with Crippen LogP contribution < -0.4 is 4.74 Å². The van der Waals surface area contributed by atoms with Crippen LogP contribution in [-0.4, -0.2) is 61.9 Å². The van der Waals surface area contributed by atoms with E-state index in [1.54, 1.807) is 0 Å². The number of piperidine rings is 1.